The Balaban J connectivity index is 1.38. The van der Waals surface area contributed by atoms with Gasteiger partial charge in [-0.15, -0.1) is 0 Å². The molecule has 8 heteroatoms. The van der Waals surface area contributed by atoms with E-state index in [0.717, 1.165) is 30.4 Å². The van der Waals surface area contributed by atoms with Gasteiger partial charge >= 0.3 is 0 Å². The van der Waals surface area contributed by atoms with E-state index in [1.165, 1.54) is 6.42 Å². The quantitative estimate of drug-likeness (QED) is 0.734. The van der Waals surface area contributed by atoms with Gasteiger partial charge in [0.05, 0.1) is 13.1 Å². The summed E-state index contributed by atoms with van der Waals surface area (Å²) in [5.74, 6) is -0.152. The Morgan fingerprint density at radius 2 is 1.43 bits per heavy atom. The monoisotopic (exact) mass is 450 g/mol. The van der Waals surface area contributed by atoms with Gasteiger partial charge in [0.15, 0.2) is 0 Å². The first-order valence-corrected chi connectivity index (χ1v) is 10.6. The molecule has 2 aliphatic heterocycles. The fourth-order valence-corrected chi connectivity index (χ4v) is 3.83. The van der Waals surface area contributed by atoms with Gasteiger partial charge in [-0.25, -0.2) is 0 Å². The molecule has 0 radical (unpaired) electrons. The van der Waals surface area contributed by atoms with Gasteiger partial charge in [0.1, 0.15) is 0 Å². The molecule has 0 aliphatic carbocycles. The van der Waals surface area contributed by atoms with Crippen molar-refractivity contribution in [2.75, 3.05) is 52.4 Å². The molecule has 3 amide bonds. The SMILES string of the molecule is O=C(NCC(=O)N1CCN(CC(=O)N2CCCCC2)CC1)c1ccc(Br)cc1. The second-order valence-electron chi connectivity index (χ2n) is 7.29. The van der Waals surface area contributed by atoms with E-state index in [1.54, 1.807) is 29.2 Å². The minimum Gasteiger partial charge on any atom is -0.343 e. The molecule has 2 heterocycles. The van der Waals surface area contributed by atoms with Crippen molar-refractivity contribution < 1.29 is 14.4 Å². The third-order valence-electron chi connectivity index (χ3n) is 5.30. The Kier molecular flexibility index (Phi) is 7.44. The lowest BCUT2D eigenvalue weighted by Gasteiger charge is -2.36. The third kappa shape index (κ3) is 5.78. The lowest BCUT2D eigenvalue weighted by Crippen LogP contribution is -2.53. The second kappa shape index (κ2) is 10.0. The number of hydrogen-bond donors (Lipinski definition) is 1. The summed E-state index contributed by atoms with van der Waals surface area (Å²) >= 11 is 3.33. The van der Waals surface area contributed by atoms with E-state index >= 15 is 0 Å². The predicted molar refractivity (Wildman–Crippen MR) is 110 cm³/mol. The van der Waals surface area contributed by atoms with Crippen LogP contribution in [-0.2, 0) is 9.59 Å². The first-order chi connectivity index (χ1) is 13.5. The number of carbonyl (C=O) groups excluding carboxylic acids is 3. The zero-order valence-electron chi connectivity index (χ0n) is 16.0. The fraction of sp³-hybridized carbons (Fsp3) is 0.550. The number of likely N-dealkylation sites (tertiary alicyclic amines) is 1. The Hall–Kier alpha value is -1.93. The number of benzene rings is 1. The highest BCUT2D eigenvalue weighted by Gasteiger charge is 2.25. The van der Waals surface area contributed by atoms with Crippen LogP contribution in [0.5, 0.6) is 0 Å². The van der Waals surface area contributed by atoms with Gasteiger partial charge in [-0.1, -0.05) is 15.9 Å². The van der Waals surface area contributed by atoms with Crippen molar-refractivity contribution in [3.05, 3.63) is 34.3 Å². The van der Waals surface area contributed by atoms with Crippen LogP contribution in [0.3, 0.4) is 0 Å². The normalized spacial score (nSPS) is 18.0. The molecule has 0 unspecified atom stereocenters. The number of halogens is 1. The summed E-state index contributed by atoms with van der Waals surface area (Å²) in [6.45, 7) is 4.70. The molecule has 0 saturated carbocycles. The molecule has 7 nitrogen and oxygen atoms in total. The highest BCUT2D eigenvalue weighted by molar-refractivity contribution is 9.10. The molecule has 28 heavy (non-hydrogen) atoms. The molecule has 0 atom stereocenters. The number of nitrogens with one attached hydrogen (secondary N) is 1. The molecule has 2 saturated heterocycles. The van der Waals surface area contributed by atoms with Crippen molar-refractivity contribution in [1.82, 2.24) is 20.0 Å². The van der Waals surface area contributed by atoms with Crippen molar-refractivity contribution in [3.63, 3.8) is 0 Å². The van der Waals surface area contributed by atoms with Crippen LogP contribution in [0.25, 0.3) is 0 Å². The summed E-state index contributed by atoms with van der Waals surface area (Å²) in [6, 6.07) is 7.01. The van der Waals surface area contributed by atoms with E-state index in [1.807, 2.05) is 4.90 Å². The number of amides is 3. The van der Waals surface area contributed by atoms with Gasteiger partial charge in [-0.05, 0) is 43.5 Å². The van der Waals surface area contributed by atoms with Gasteiger partial charge < -0.3 is 15.1 Å². The first kappa shape index (κ1) is 20.8. The molecule has 0 bridgehead atoms. The maximum absolute atomic E-state index is 12.4. The lowest BCUT2D eigenvalue weighted by molar-refractivity contribution is -0.135. The lowest BCUT2D eigenvalue weighted by atomic mass is 10.1. The Morgan fingerprint density at radius 1 is 0.821 bits per heavy atom. The Bertz CT molecular complexity index is 696. The minimum atomic E-state index is -0.258. The van der Waals surface area contributed by atoms with Crippen molar-refractivity contribution >= 4 is 33.7 Å². The van der Waals surface area contributed by atoms with Gasteiger partial charge in [0.2, 0.25) is 11.8 Å². The smallest absolute Gasteiger partial charge is 0.251 e. The topological polar surface area (TPSA) is 73.0 Å². The number of rotatable bonds is 5. The van der Waals surface area contributed by atoms with E-state index in [0.29, 0.717) is 38.3 Å². The molecule has 3 rings (SSSR count). The van der Waals surface area contributed by atoms with Crippen LogP contribution in [0, 0.1) is 0 Å². The third-order valence-corrected chi connectivity index (χ3v) is 5.83. The van der Waals surface area contributed by atoms with Gasteiger partial charge in [-0.2, -0.15) is 0 Å². The molecule has 1 aromatic rings. The summed E-state index contributed by atoms with van der Waals surface area (Å²) in [6.07, 6.45) is 3.41. The van der Waals surface area contributed by atoms with Gasteiger partial charge in [0, 0.05) is 49.3 Å². The summed E-state index contributed by atoms with van der Waals surface area (Å²) in [7, 11) is 0. The molecule has 2 aliphatic rings. The largest absolute Gasteiger partial charge is 0.343 e. The van der Waals surface area contributed by atoms with Gasteiger partial charge in [0.25, 0.3) is 5.91 Å². The summed E-state index contributed by atoms with van der Waals surface area (Å²) in [5.41, 5.74) is 0.525. The number of carbonyl (C=O) groups is 3. The van der Waals surface area contributed by atoms with Crippen molar-refractivity contribution in [2.24, 2.45) is 0 Å². The molecule has 152 valence electrons. The molecule has 1 N–H and O–H groups in total. The zero-order valence-corrected chi connectivity index (χ0v) is 17.6. The van der Waals surface area contributed by atoms with Crippen LogP contribution < -0.4 is 5.32 Å². The maximum Gasteiger partial charge on any atom is 0.251 e. The second-order valence-corrected chi connectivity index (χ2v) is 8.20. The van der Waals surface area contributed by atoms with Crippen LogP contribution in [0.1, 0.15) is 29.6 Å². The number of nitrogens with zero attached hydrogens (tertiary/aromatic N) is 3. The highest BCUT2D eigenvalue weighted by Crippen LogP contribution is 2.11. The van der Waals surface area contributed by atoms with Crippen molar-refractivity contribution in [2.45, 2.75) is 19.3 Å². The van der Waals surface area contributed by atoms with Crippen molar-refractivity contribution in [3.8, 4) is 0 Å². The molecular formula is C20H27BrN4O3. The van der Waals surface area contributed by atoms with Crippen molar-refractivity contribution in [1.29, 1.82) is 0 Å². The number of hydrogen-bond acceptors (Lipinski definition) is 4. The summed E-state index contributed by atoms with van der Waals surface area (Å²) in [5, 5.41) is 2.68. The predicted octanol–water partition coefficient (Wildman–Crippen LogP) is 1.34. The summed E-state index contributed by atoms with van der Waals surface area (Å²) in [4.78, 5) is 42.7. The average Bonchev–Trinajstić information content (AvgIpc) is 2.73. The van der Waals surface area contributed by atoms with Gasteiger partial charge in [-0.3, -0.25) is 19.3 Å². The number of piperazine rings is 1. The molecule has 0 aromatic heterocycles. The van der Waals surface area contributed by atoms with E-state index < -0.39 is 0 Å². The Labute approximate surface area is 174 Å². The summed E-state index contributed by atoms with van der Waals surface area (Å²) < 4.78 is 0.900. The highest BCUT2D eigenvalue weighted by atomic mass is 79.9. The van der Waals surface area contributed by atoms with Crippen LogP contribution in [0.4, 0.5) is 0 Å². The van der Waals surface area contributed by atoms with E-state index in [-0.39, 0.29) is 24.3 Å². The molecule has 2 fully saturated rings. The first-order valence-electron chi connectivity index (χ1n) is 9.84. The van der Waals surface area contributed by atoms with Crippen LogP contribution in [0.15, 0.2) is 28.7 Å². The van der Waals surface area contributed by atoms with E-state index in [2.05, 4.69) is 26.1 Å². The fourth-order valence-electron chi connectivity index (χ4n) is 3.56. The molecule has 1 aromatic carbocycles. The zero-order chi connectivity index (χ0) is 19.9. The van der Waals surface area contributed by atoms with Crippen LogP contribution >= 0.6 is 15.9 Å². The minimum absolute atomic E-state index is 0.0123. The number of piperidine rings is 1. The average molecular weight is 451 g/mol. The molecule has 0 spiro atoms. The maximum atomic E-state index is 12.4. The van der Waals surface area contributed by atoms with E-state index in [9.17, 15) is 14.4 Å². The molecular weight excluding hydrogens is 424 g/mol. The Morgan fingerprint density at radius 3 is 2.07 bits per heavy atom. The van der Waals surface area contributed by atoms with E-state index in [4.69, 9.17) is 0 Å². The van der Waals surface area contributed by atoms with Crippen LogP contribution in [0.2, 0.25) is 0 Å². The van der Waals surface area contributed by atoms with Crippen LogP contribution in [-0.4, -0.2) is 84.8 Å². The standard InChI is InChI=1S/C20H27BrN4O3/c21-17-6-4-16(5-7-17)20(28)22-14-18(26)25-12-10-23(11-13-25)15-19(27)24-8-2-1-3-9-24/h4-7H,1-3,8-15H2,(H,22,28).